The summed E-state index contributed by atoms with van der Waals surface area (Å²) in [5.41, 5.74) is 2.61. The van der Waals surface area contributed by atoms with E-state index in [2.05, 4.69) is 17.6 Å². The fourth-order valence-corrected chi connectivity index (χ4v) is 2.59. The molecule has 0 heterocycles. The number of methoxy groups -OCH3 is 2. The quantitative estimate of drug-likeness (QED) is 0.768. The van der Waals surface area contributed by atoms with Crippen LogP contribution in [-0.2, 0) is 11.2 Å². The van der Waals surface area contributed by atoms with Crippen molar-refractivity contribution in [2.24, 2.45) is 0 Å². The minimum absolute atomic E-state index is 0.154. The van der Waals surface area contributed by atoms with Gasteiger partial charge in [-0.1, -0.05) is 30.7 Å². The molecule has 0 saturated heterocycles. The van der Waals surface area contributed by atoms with E-state index >= 15 is 0 Å². The van der Waals surface area contributed by atoms with Crippen LogP contribution in [0.4, 0.5) is 11.4 Å². The summed E-state index contributed by atoms with van der Waals surface area (Å²) in [5, 5.41) is 6.45. The lowest BCUT2D eigenvalue weighted by Crippen LogP contribution is -2.32. The lowest BCUT2D eigenvalue weighted by Gasteiger charge is -2.18. The molecule has 0 saturated carbocycles. The lowest BCUT2D eigenvalue weighted by molar-refractivity contribution is -0.116. The van der Waals surface area contributed by atoms with Gasteiger partial charge in [0, 0.05) is 11.8 Å². The molecule has 2 aromatic carbocycles. The average molecular weight is 363 g/mol. The Bertz CT molecular complexity index is 732. The third-order valence-electron chi connectivity index (χ3n) is 3.87. The van der Waals surface area contributed by atoms with E-state index in [0.29, 0.717) is 22.2 Å². The third-order valence-corrected chi connectivity index (χ3v) is 4.16. The summed E-state index contributed by atoms with van der Waals surface area (Å²) in [6.45, 7) is 3.86. The molecule has 6 heteroatoms. The van der Waals surface area contributed by atoms with E-state index < -0.39 is 6.04 Å². The smallest absolute Gasteiger partial charge is 0.246 e. The fourth-order valence-electron chi connectivity index (χ4n) is 2.35. The molecular formula is C19H23ClN2O3. The first-order chi connectivity index (χ1) is 12.0. The number of halogens is 1. The molecule has 0 radical (unpaired) electrons. The molecule has 0 fully saturated rings. The highest BCUT2D eigenvalue weighted by atomic mass is 35.5. The van der Waals surface area contributed by atoms with Gasteiger partial charge < -0.3 is 20.1 Å². The molecule has 0 aliphatic rings. The van der Waals surface area contributed by atoms with Crippen molar-refractivity contribution in [2.75, 3.05) is 24.9 Å². The maximum Gasteiger partial charge on any atom is 0.246 e. The number of anilines is 2. The predicted octanol–water partition coefficient (Wildman–Crippen LogP) is 4.36. The Morgan fingerprint density at radius 3 is 2.32 bits per heavy atom. The number of aryl methyl sites for hydroxylation is 1. The number of hydrogen-bond acceptors (Lipinski definition) is 4. The van der Waals surface area contributed by atoms with E-state index in [9.17, 15) is 4.79 Å². The standard InChI is InChI=1S/C19H23ClN2O3/c1-5-13-6-8-14(9-7-13)22-19(23)12(2)21-16-10-15(20)17(24-3)11-18(16)25-4/h6-12,21H,5H2,1-4H3,(H,22,23). The van der Waals surface area contributed by atoms with Gasteiger partial charge in [0.05, 0.1) is 24.9 Å². The van der Waals surface area contributed by atoms with Crippen LogP contribution in [0.1, 0.15) is 19.4 Å². The van der Waals surface area contributed by atoms with Crippen LogP contribution in [0.5, 0.6) is 11.5 Å². The number of amides is 1. The van der Waals surface area contributed by atoms with Crippen LogP contribution < -0.4 is 20.1 Å². The molecular weight excluding hydrogens is 340 g/mol. The van der Waals surface area contributed by atoms with Crippen LogP contribution in [0.3, 0.4) is 0 Å². The molecule has 5 nitrogen and oxygen atoms in total. The van der Waals surface area contributed by atoms with Crippen molar-refractivity contribution >= 4 is 28.9 Å². The first-order valence-electron chi connectivity index (χ1n) is 8.06. The number of hydrogen-bond donors (Lipinski definition) is 2. The van der Waals surface area contributed by atoms with Gasteiger partial charge in [-0.25, -0.2) is 0 Å². The number of ether oxygens (including phenoxy) is 2. The predicted molar refractivity (Wildman–Crippen MR) is 102 cm³/mol. The van der Waals surface area contributed by atoms with E-state index in [-0.39, 0.29) is 5.91 Å². The Labute approximate surface area is 153 Å². The van der Waals surface area contributed by atoms with Gasteiger partial charge in [-0.15, -0.1) is 0 Å². The summed E-state index contributed by atoms with van der Waals surface area (Å²) < 4.78 is 10.5. The summed E-state index contributed by atoms with van der Waals surface area (Å²) in [6.07, 6.45) is 0.963. The largest absolute Gasteiger partial charge is 0.495 e. The number of carbonyl (C=O) groups excluding carboxylic acids is 1. The molecule has 134 valence electrons. The summed E-state index contributed by atoms with van der Waals surface area (Å²) in [5.74, 6) is 0.906. The summed E-state index contributed by atoms with van der Waals surface area (Å²) in [6, 6.07) is 10.7. The van der Waals surface area contributed by atoms with Gasteiger partial charge in [-0.05, 0) is 37.1 Å². The molecule has 0 bridgehead atoms. The first-order valence-corrected chi connectivity index (χ1v) is 8.44. The topological polar surface area (TPSA) is 59.6 Å². The highest BCUT2D eigenvalue weighted by Crippen LogP contribution is 2.36. The van der Waals surface area contributed by atoms with Gasteiger partial charge in [-0.2, -0.15) is 0 Å². The second kappa shape index (κ2) is 8.62. The summed E-state index contributed by atoms with van der Waals surface area (Å²) in [7, 11) is 3.08. The fraction of sp³-hybridized carbons (Fsp3) is 0.316. The van der Waals surface area contributed by atoms with Crippen LogP contribution in [0.25, 0.3) is 0 Å². The van der Waals surface area contributed by atoms with E-state index in [1.165, 1.54) is 12.7 Å². The van der Waals surface area contributed by atoms with Crippen LogP contribution in [0, 0.1) is 0 Å². The molecule has 1 atom stereocenters. The monoisotopic (exact) mass is 362 g/mol. The first kappa shape index (κ1) is 18.9. The van der Waals surface area contributed by atoms with Crippen LogP contribution in [0.2, 0.25) is 5.02 Å². The van der Waals surface area contributed by atoms with Gasteiger partial charge in [0.1, 0.15) is 17.5 Å². The van der Waals surface area contributed by atoms with E-state index in [1.807, 2.05) is 24.3 Å². The number of benzene rings is 2. The second-order valence-electron chi connectivity index (χ2n) is 5.59. The van der Waals surface area contributed by atoms with Gasteiger partial charge in [0.25, 0.3) is 0 Å². The van der Waals surface area contributed by atoms with Crippen molar-refractivity contribution in [1.29, 1.82) is 0 Å². The van der Waals surface area contributed by atoms with Crippen molar-refractivity contribution in [3.05, 3.63) is 47.0 Å². The van der Waals surface area contributed by atoms with E-state index in [4.69, 9.17) is 21.1 Å². The van der Waals surface area contributed by atoms with Crippen LogP contribution in [0.15, 0.2) is 36.4 Å². The van der Waals surface area contributed by atoms with Crippen molar-refractivity contribution in [2.45, 2.75) is 26.3 Å². The normalized spacial score (nSPS) is 11.6. The van der Waals surface area contributed by atoms with E-state index in [1.54, 1.807) is 26.2 Å². The number of rotatable bonds is 7. The van der Waals surface area contributed by atoms with Crippen molar-refractivity contribution in [1.82, 2.24) is 0 Å². The van der Waals surface area contributed by atoms with Crippen molar-refractivity contribution < 1.29 is 14.3 Å². The zero-order valence-corrected chi connectivity index (χ0v) is 15.6. The van der Waals surface area contributed by atoms with Crippen molar-refractivity contribution in [3.63, 3.8) is 0 Å². The maximum absolute atomic E-state index is 12.4. The Hall–Kier alpha value is -2.40. The van der Waals surface area contributed by atoms with Crippen LogP contribution >= 0.6 is 11.6 Å². The number of carbonyl (C=O) groups is 1. The molecule has 1 amide bonds. The van der Waals surface area contributed by atoms with E-state index in [0.717, 1.165) is 12.1 Å². The molecule has 0 aromatic heterocycles. The summed E-state index contributed by atoms with van der Waals surface area (Å²) in [4.78, 5) is 12.4. The Morgan fingerprint density at radius 2 is 1.76 bits per heavy atom. The molecule has 2 N–H and O–H groups in total. The lowest BCUT2D eigenvalue weighted by atomic mass is 10.1. The van der Waals surface area contributed by atoms with Gasteiger partial charge in [0.15, 0.2) is 0 Å². The Morgan fingerprint density at radius 1 is 1.12 bits per heavy atom. The highest BCUT2D eigenvalue weighted by molar-refractivity contribution is 6.32. The van der Waals surface area contributed by atoms with Gasteiger partial charge >= 0.3 is 0 Å². The molecule has 2 rings (SSSR count). The third kappa shape index (κ3) is 4.79. The maximum atomic E-state index is 12.4. The zero-order chi connectivity index (χ0) is 18.4. The molecule has 1 unspecified atom stereocenters. The molecule has 0 aliphatic heterocycles. The number of nitrogens with one attached hydrogen (secondary N) is 2. The van der Waals surface area contributed by atoms with Gasteiger partial charge in [-0.3, -0.25) is 4.79 Å². The highest BCUT2D eigenvalue weighted by Gasteiger charge is 2.17. The minimum atomic E-state index is -0.482. The van der Waals surface area contributed by atoms with Gasteiger partial charge in [0.2, 0.25) is 5.91 Å². The Kier molecular flexibility index (Phi) is 6.53. The minimum Gasteiger partial charge on any atom is -0.495 e. The molecule has 2 aromatic rings. The zero-order valence-electron chi connectivity index (χ0n) is 14.9. The van der Waals surface area contributed by atoms with Crippen molar-refractivity contribution in [3.8, 4) is 11.5 Å². The summed E-state index contributed by atoms with van der Waals surface area (Å²) >= 11 is 6.16. The molecule has 0 spiro atoms. The molecule has 25 heavy (non-hydrogen) atoms. The second-order valence-corrected chi connectivity index (χ2v) is 6.00. The molecule has 0 aliphatic carbocycles. The van der Waals surface area contributed by atoms with Crippen LogP contribution in [-0.4, -0.2) is 26.2 Å². The average Bonchev–Trinajstić information content (AvgIpc) is 2.62. The SMILES string of the molecule is CCc1ccc(NC(=O)C(C)Nc2cc(Cl)c(OC)cc2OC)cc1. The Balaban J connectivity index is 2.08.